The molecular weight excluding hydrogens is 432 g/mol. The van der Waals surface area contributed by atoms with Gasteiger partial charge < -0.3 is 4.74 Å². The Morgan fingerprint density at radius 2 is 1.64 bits per heavy atom. The van der Waals surface area contributed by atoms with Gasteiger partial charge in [-0.25, -0.2) is 8.42 Å². The second-order valence-corrected chi connectivity index (χ2v) is 10.2. The predicted octanol–water partition coefficient (Wildman–Crippen LogP) is 4.61. The number of aromatic nitrogens is 1. The van der Waals surface area contributed by atoms with Crippen LogP contribution < -0.4 is 0 Å². The molecule has 33 heavy (non-hydrogen) atoms. The standard InChI is InChI=1S/C27H26N2O3S/c1-32-25-18-22-11-5-6-12-23(22)19-29(24(25)17-20-9-3-2-4-10-20)33(30,31)26-15-7-13-21-14-8-16-28-27(21)26/h2-16,24-25H,17-19H2,1H3/t24-,25-/m0/s1. The van der Waals surface area contributed by atoms with Gasteiger partial charge in [-0.3, -0.25) is 4.98 Å². The van der Waals surface area contributed by atoms with Crippen molar-refractivity contribution in [2.24, 2.45) is 0 Å². The molecule has 0 saturated heterocycles. The molecule has 0 unspecified atom stereocenters. The minimum atomic E-state index is -3.88. The quantitative estimate of drug-likeness (QED) is 0.438. The molecule has 6 heteroatoms. The van der Waals surface area contributed by atoms with Gasteiger partial charge in [0.15, 0.2) is 0 Å². The molecule has 0 fully saturated rings. The Morgan fingerprint density at radius 3 is 2.42 bits per heavy atom. The number of fused-ring (bicyclic) bond motifs is 2. The highest BCUT2D eigenvalue weighted by atomic mass is 32.2. The first-order valence-corrected chi connectivity index (χ1v) is 12.5. The zero-order valence-corrected chi connectivity index (χ0v) is 19.3. The first-order chi connectivity index (χ1) is 16.1. The molecule has 4 aromatic rings. The number of hydrogen-bond donors (Lipinski definition) is 0. The van der Waals surface area contributed by atoms with Crippen LogP contribution in [-0.4, -0.2) is 37.0 Å². The fraction of sp³-hybridized carbons (Fsp3) is 0.222. The number of ether oxygens (including phenoxy) is 1. The first-order valence-electron chi connectivity index (χ1n) is 11.1. The van der Waals surface area contributed by atoms with E-state index < -0.39 is 10.0 Å². The Bertz CT molecular complexity index is 1370. The van der Waals surface area contributed by atoms with E-state index >= 15 is 0 Å². The van der Waals surface area contributed by atoms with Crippen LogP contribution in [0.5, 0.6) is 0 Å². The topological polar surface area (TPSA) is 59.5 Å². The van der Waals surface area contributed by atoms with Crippen LogP contribution in [0.25, 0.3) is 10.9 Å². The smallest absolute Gasteiger partial charge is 0.245 e. The van der Waals surface area contributed by atoms with Crippen molar-refractivity contribution in [2.45, 2.75) is 36.4 Å². The van der Waals surface area contributed by atoms with Gasteiger partial charge in [-0.2, -0.15) is 4.31 Å². The molecule has 0 N–H and O–H groups in total. The summed E-state index contributed by atoms with van der Waals surface area (Å²) in [5.74, 6) is 0. The van der Waals surface area contributed by atoms with Crippen LogP contribution >= 0.6 is 0 Å². The van der Waals surface area contributed by atoms with Crippen LogP contribution in [0.4, 0.5) is 0 Å². The number of nitrogens with zero attached hydrogens (tertiary/aromatic N) is 2. The number of sulfonamides is 1. The maximum absolute atomic E-state index is 14.3. The molecule has 0 radical (unpaired) electrons. The molecular formula is C27H26N2O3S. The van der Waals surface area contributed by atoms with E-state index in [1.165, 1.54) is 0 Å². The highest BCUT2D eigenvalue weighted by molar-refractivity contribution is 7.89. The summed E-state index contributed by atoms with van der Waals surface area (Å²) in [5, 5.41) is 0.802. The van der Waals surface area contributed by atoms with Crippen molar-refractivity contribution in [1.29, 1.82) is 0 Å². The molecule has 168 valence electrons. The number of pyridine rings is 1. The fourth-order valence-electron chi connectivity index (χ4n) is 4.74. The Hall–Kier alpha value is -3.06. The van der Waals surface area contributed by atoms with Crippen molar-refractivity contribution in [2.75, 3.05) is 7.11 Å². The molecule has 0 aliphatic carbocycles. The van der Waals surface area contributed by atoms with E-state index in [4.69, 9.17) is 4.74 Å². The Kier molecular flexibility index (Phi) is 5.98. The zero-order chi connectivity index (χ0) is 22.8. The number of benzene rings is 3. The van der Waals surface area contributed by atoms with Crippen molar-refractivity contribution < 1.29 is 13.2 Å². The molecule has 2 heterocycles. The van der Waals surface area contributed by atoms with Crippen LogP contribution in [0, 0.1) is 0 Å². The summed E-state index contributed by atoms with van der Waals surface area (Å²) in [7, 11) is -2.21. The lowest BCUT2D eigenvalue weighted by atomic mass is 9.96. The third kappa shape index (κ3) is 4.17. The third-order valence-corrected chi connectivity index (χ3v) is 8.34. The van der Waals surface area contributed by atoms with Crippen LogP contribution in [0.15, 0.2) is 96.0 Å². The number of para-hydroxylation sites is 1. The lowest BCUT2D eigenvalue weighted by Gasteiger charge is -2.34. The average Bonchev–Trinajstić information content (AvgIpc) is 3.01. The van der Waals surface area contributed by atoms with Crippen LogP contribution in [0.3, 0.4) is 0 Å². The molecule has 1 aromatic heterocycles. The average molecular weight is 459 g/mol. The maximum atomic E-state index is 14.3. The van der Waals surface area contributed by atoms with Crippen molar-refractivity contribution in [3.63, 3.8) is 0 Å². The Labute approximate surface area is 194 Å². The largest absolute Gasteiger partial charge is 0.379 e. The number of hydrogen-bond acceptors (Lipinski definition) is 4. The molecule has 5 nitrogen and oxygen atoms in total. The molecule has 2 atom stereocenters. The minimum absolute atomic E-state index is 0.230. The monoisotopic (exact) mass is 458 g/mol. The van der Waals surface area contributed by atoms with Crippen molar-refractivity contribution in [3.8, 4) is 0 Å². The molecule has 0 spiro atoms. The highest BCUT2D eigenvalue weighted by Gasteiger charge is 2.40. The van der Waals surface area contributed by atoms with Crippen molar-refractivity contribution in [1.82, 2.24) is 9.29 Å². The highest BCUT2D eigenvalue weighted by Crippen LogP contribution is 2.33. The summed E-state index contributed by atoms with van der Waals surface area (Å²) in [6, 6.07) is 26.7. The zero-order valence-electron chi connectivity index (χ0n) is 18.5. The molecule has 3 aromatic carbocycles. The number of methoxy groups -OCH3 is 1. The molecule has 1 aliphatic heterocycles. The van der Waals surface area contributed by atoms with E-state index in [-0.39, 0.29) is 17.0 Å². The lowest BCUT2D eigenvalue weighted by Crippen LogP contribution is -2.47. The van der Waals surface area contributed by atoms with Gasteiger partial charge in [0, 0.05) is 31.7 Å². The molecule has 0 amide bonds. The molecule has 5 rings (SSSR count). The number of rotatable bonds is 5. The summed E-state index contributed by atoms with van der Waals surface area (Å²) in [6.07, 6.45) is 2.57. The maximum Gasteiger partial charge on any atom is 0.245 e. The van der Waals surface area contributed by atoms with Gasteiger partial charge in [-0.1, -0.05) is 72.8 Å². The van der Waals surface area contributed by atoms with Gasteiger partial charge in [0.25, 0.3) is 0 Å². The normalized spacial score (nSPS) is 19.2. The summed E-state index contributed by atoms with van der Waals surface area (Å²) in [5.41, 5.74) is 3.69. The van der Waals surface area contributed by atoms with E-state index in [0.29, 0.717) is 24.9 Å². The summed E-state index contributed by atoms with van der Waals surface area (Å²) < 4.78 is 36.1. The second-order valence-electron chi connectivity index (χ2n) is 8.39. The van der Waals surface area contributed by atoms with E-state index in [1.807, 2.05) is 66.7 Å². The molecule has 0 bridgehead atoms. The van der Waals surface area contributed by atoms with Gasteiger partial charge in [0.1, 0.15) is 4.90 Å². The van der Waals surface area contributed by atoms with Crippen molar-refractivity contribution >= 4 is 20.9 Å². The first kappa shape index (κ1) is 21.8. The van der Waals surface area contributed by atoms with E-state index in [0.717, 1.165) is 22.1 Å². The summed E-state index contributed by atoms with van der Waals surface area (Å²) >= 11 is 0. The summed E-state index contributed by atoms with van der Waals surface area (Å²) in [6.45, 7) is 0.291. The van der Waals surface area contributed by atoms with E-state index in [2.05, 4.69) is 11.1 Å². The third-order valence-electron chi connectivity index (χ3n) is 6.44. The SMILES string of the molecule is CO[C@H]1Cc2ccccc2CN(S(=O)(=O)c2cccc3cccnc23)[C@H]1Cc1ccccc1. The minimum Gasteiger partial charge on any atom is -0.379 e. The Morgan fingerprint density at radius 1 is 0.909 bits per heavy atom. The van der Waals surface area contributed by atoms with Gasteiger partial charge in [0.05, 0.1) is 17.7 Å². The van der Waals surface area contributed by atoms with E-state index in [9.17, 15) is 8.42 Å². The van der Waals surface area contributed by atoms with Crippen LogP contribution in [-0.2, 0) is 34.1 Å². The lowest BCUT2D eigenvalue weighted by molar-refractivity contribution is 0.0451. The van der Waals surface area contributed by atoms with Crippen molar-refractivity contribution in [3.05, 3.63) is 108 Å². The van der Waals surface area contributed by atoms with Crippen LogP contribution in [0.2, 0.25) is 0 Å². The van der Waals surface area contributed by atoms with Gasteiger partial charge in [0.2, 0.25) is 10.0 Å². The van der Waals surface area contributed by atoms with Gasteiger partial charge in [-0.05, 0) is 35.2 Å². The molecule has 1 aliphatic rings. The van der Waals surface area contributed by atoms with Crippen LogP contribution in [0.1, 0.15) is 16.7 Å². The summed E-state index contributed by atoms with van der Waals surface area (Å²) in [4.78, 5) is 4.65. The Balaban J connectivity index is 1.67. The van der Waals surface area contributed by atoms with E-state index in [1.54, 1.807) is 29.7 Å². The van der Waals surface area contributed by atoms with Gasteiger partial charge in [-0.15, -0.1) is 0 Å². The molecule has 0 saturated carbocycles. The van der Waals surface area contributed by atoms with Gasteiger partial charge >= 0.3 is 0 Å². The second kappa shape index (κ2) is 9.06. The fourth-order valence-corrected chi connectivity index (χ4v) is 6.53. The predicted molar refractivity (Wildman–Crippen MR) is 129 cm³/mol.